The van der Waals surface area contributed by atoms with Crippen LogP contribution in [0.4, 0.5) is 0 Å². The smallest absolute Gasteiger partial charge is 0.258 e. The average Bonchev–Trinajstić information content (AvgIpc) is 3.27. The van der Waals surface area contributed by atoms with Crippen LogP contribution >= 0.6 is 23.2 Å². The lowest BCUT2D eigenvalue weighted by molar-refractivity contribution is 0.432. The number of aromatic nitrogens is 2. The zero-order chi connectivity index (χ0) is 17.4. The maximum absolute atomic E-state index is 6.04. The number of nitrogens with one attached hydrogen (secondary N) is 1. The van der Waals surface area contributed by atoms with Crippen LogP contribution < -0.4 is 5.32 Å². The molecule has 2 aromatic carbocycles. The molecule has 0 fully saturated rings. The first-order valence-corrected chi connectivity index (χ1v) is 8.56. The highest BCUT2D eigenvalue weighted by molar-refractivity contribution is 6.42. The topological polar surface area (TPSA) is 63.3 Å². The number of hydrogen-bond donors (Lipinski definition) is 1. The largest absolute Gasteiger partial charge is 0.366 e. The second kappa shape index (κ2) is 6.50. The highest BCUT2D eigenvalue weighted by Crippen LogP contribution is 2.29. The summed E-state index contributed by atoms with van der Waals surface area (Å²) in [6, 6.07) is 13.5. The van der Waals surface area contributed by atoms with E-state index in [1.807, 2.05) is 24.3 Å². The minimum absolute atomic E-state index is 0.376. The van der Waals surface area contributed by atoms with Crippen molar-refractivity contribution < 1.29 is 4.52 Å². The molecule has 1 atom stereocenters. The molecule has 1 N–H and O–H groups in total. The van der Waals surface area contributed by atoms with Gasteiger partial charge in [0.05, 0.1) is 16.6 Å². The fraction of sp³-hybridized carbons (Fsp3) is 0.167. The van der Waals surface area contributed by atoms with E-state index in [0.717, 1.165) is 29.1 Å². The lowest BCUT2D eigenvalue weighted by Gasteiger charge is -2.06. The van der Waals surface area contributed by atoms with E-state index < -0.39 is 0 Å². The van der Waals surface area contributed by atoms with Gasteiger partial charge in [-0.2, -0.15) is 4.98 Å². The normalized spacial score (nSPS) is 16.6. The maximum Gasteiger partial charge on any atom is 0.258 e. The second-order valence-electron chi connectivity index (χ2n) is 5.86. The number of rotatable bonds is 3. The first-order valence-electron chi connectivity index (χ1n) is 7.81. The minimum atomic E-state index is 0.376. The molecule has 0 saturated heterocycles. The molecule has 2 heterocycles. The lowest BCUT2D eigenvalue weighted by Crippen LogP contribution is -2.27. The van der Waals surface area contributed by atoms with Gasteiger partial charge in [-0.1, -0.05) is 52.6 Å². The quantitative estimate of drug-likeness (QED) is 0.737. The first-order chi connectivity index (χ1) is 12.1. The van der Waals surface area contributed by atoms with Crippen molar-refractivity contribution in [2.75, 3.05) is 6.54 Å². The highest BCUT2D eigenvalue weighted by atomic mass is 35.5. The summed E-state index contributed by atoms with van der Waals surface area (Å²) in [6.07, 6.45) is 0. The van der Waals surface area contributed by atoms with Crippen LogP contribution in [0.15, 0.2) is 52.0 Å². The van der Waals surface area contributed by atoms with E-state index in [9.17, 15) is 0 Å². The molecule has 3 aromatic rings. The third-order valence-electron chi connectivity index (χ3n) is 3.92. The van der Waals surface area contributed by atoms with E-state index >= 15 is 0 Å². The molecular formula is C18H14Cl2N4O. The number of aliphatic imine (C=N–C) groups is 1. The van der Waals surface area contributed by atoms with Gasteiger partial charge in [-0.3, -0.25) is 4.99 Å². The van der Waals surface area contributed by atoms with Crippen LogP contribution in [0.5, 0.6) is 0 Å². The maximum atomic E-state index is 6.04. The van der Waals surface area contributed by atoms with E-state index in [4.69, 9.17) is 27.7 Å². The van der Waals surface area contributed by atoms with E-state index in [2.05, 4.69) is 27.4 Å². The van der Waals surface area contributed by atoms with E-state index in [1.165, 1.54) is 0 Å². The fourth-order valence-electron chi connectivity index (χ4n) is 2.59. The van der Waals surface area contributed by atoms with Gasteiger partial charge < -0.3 is 9.84 Å². The third-order valence-corrected chi connectivity index (χ3v) is 4.65. The Morgan fingerprint density at radius 1 is 1.00 bits per heavy atom. The van der Waals surface area contributed by atoms with Gasteiger partial charge in [0.1, 0.15) is 5.84 Å². The zero-order valence-corrected chi connectivity index (χ0v) is 14.8. The van der Waals surface area contributed by atoms with Crippen molar-refractivity contribution in [3.63, 3.8) is 0 Å². The molecule has 7 heteroatoms. The molecule has 0 saturated carbocycles. The second-order valence-corrected chi connectivity index (χ2v) is 6.68. The third kappa shape index (κ3) is 3.25. The highest BCUT2D eigenvalue weighted by Gasteiger charge is 2.15. The summed E-state index contributed by atoms with van der Waals surface area (Å²) >= 11 is 12.0. The molecule has 0 spiro atoms. The van der Waals surface area contributed by atoms with Gasteiger partial charge >= 0.3 is 0 Å². The van der Waals surface area contributed by atoms with Gasteiger partial charge in [0.25, 0.3) is 5.89 Å². The fourth-order valence-corrected chi connectivity index (χ4v) is 2.89. The van der Waals surface area contributed by atoms with Crippen LogP contribution in [0.2, 0.25) is 10.0 Å². The monoisotopic (exact) mass is 372 g/mol. The molecule has 126 valence electrons. The first kappa shape index (κ1) is 16.1. The summed E-state index contributed by atoms with van der Waals surface area (Å²) in [4.78, 5) is 8.92. The molecule has 0 radical (unpaired) electrons. The van der Waals surface area contributed by atoms with Gasteiger partial charge in [0.2, 0.25) is 5.82 Å². The van der Waals surface area contributed by atoms with Crippen LogP contribution in [0.25, 0.3) is 22.8 Å². The number of amidine groups is 1. The number of nitrogens with zero attached hydrogens (tertiary/aromatic N) is 3. The van der Waals surface area contributed by atoms with Gasteiger partial charge in [0, 0.05) is 22.7 Å². The Hall–Kier alpha value is -2.37. The van der Waals surface area contributed by atoms with Crippen LogP contribution in [0, 0.1) is 0 Å². The predicted octanol–water partition coefficient (Wildman–Crippen LogP) is 4.45. The number of hydrogen-bond acceptors (Lipinski definition) is 5. The van der Waals surface area contributed by atoms with Crippen molar-refractivity contribution in [3.8, 4) is 22.8 Å². The Labute approximate surface area is 154 Å². The molecule has 1 aromatic heterocycles. The average molecular weight is 373 g/mol. The summed E-state index contributed by atoms with van der Waals surface area (Å²) in [7, 11) is 0. The van der Waals surface area contributed by atoms with E-state index in [1.54, 1.807) is 18.2 Å². The van der Waals surface area contributed by atoms with E-state index in [0.29, 0.717) is 27.8 Å². The summed E-state index contributed by atoms with van der Waals surface area (Å²) < 4.78 is 5.35. The molecule has 0 aliphatic carbocycles. The Bertz CT molecular complexity index is 950. The number of halogens is 2. The Balaban J connectivity index is 1.58. The zero-order valence-electron chi connectivity index (χ0n) is 13.3. The van der Waals surface area contributed by atoms with Crippen molar-refractivity contribution in [2.24, 2.45) is 4.99 Å². The van der Waals surface area contributed by atoms with Gasteiger partial charge in [-0.15, -0.1) is 0 Å². The Morgan fingerprint density at radius 2 is 1.72 bits per heavy atom. The summed E-state index contributed by atoms with van der Waals surface area (Å²) in [6.45, 7) is 2.91. The molecule has 1 aliphatic heterocycles. The van der Waals surface area contributed by atoms with Crippen molar-refractivity contribution >= 4 is 29.0 Å². The van der Waals surface area contributed by atoms with E-state index in [-0.39, 0.29) is 0 Å². The van der Waals surface area contributed by atoms with Crippen molar-refractivity contribution in [1.82, 2.24) is 15.5 Å². The summed E-state index contributed by atoms with van der Waals surface area (Å²) in [5, 5.41) is 8.32. The van der Waals surface area contributed by atoms with Crippen LogP contribution in [0.3, 0.4) is 0 Å². The van der Waals surface area contributed by atoms with Crippen molar-refractivity contribution in [1.29, 1.82) is 0 Å². The molecule has 25 heavy (non-hydrogen) atoms. The van der Waals surface area contributed by atoms with Crippen LogP contribution in [0.1, 0.15) is 12.5 Å². The predicted molar refractivity (Wildman–Crippen MR) is 99.2 cm³/mol. The molecule has 1 unspecified atom stereocenters. The molecular weight excluding hydrogens is 359 g/mol. The molecule has 0 amide bonds. The Kier molecular flexibility index (Phi) is 4.19. The van der Waals surface area contributed by atoms with Crippen molar-refractivity contribution in [2.45, 2.75) is 13.0 Å². The standard InChI is InChI=1S/C18H14Cl2N4O/c1-10-9-21-16(22-10)11-2-4-12(5-3-11)17-23-18(25-24-17)13-6-7-14(19)15(20)8-13/h2-8,10H,9H2,1H3,(H,21,22). The SMILES string of the molecule is CC1CN=C(c2ccc(-c3noc(-c4ccc(Cl)c(Cl)c4)n3)cc2)N1. The molecule has 0 bridgehead atoms. The minimum Gasteiger partial charge on any atom is -0.366 e. The van der Waals surface area contributed by atoms with Gasteiger partial charge in [0.15, 0.2) is 0 Å². The van der Waals surface area contributed by atoms with Gasteiger partial charge in [-0.25, -0.2) is 0 Å². The summed E-state index contributed by atoms with van der Waals surface area (Å²) in [5.74, 6) is 1.83. The molecule has 4 rings (SSSR count). The van der Waals surface area contributed by atoms with Crippen LogP contribution in [-0.2, 0) is 0 Å². The van der Waals surface area contributed by atoms with Gasteiger partial charge in [-0.05, 0) is 25.1 Å². The lowest BCUT2D eigenvalue weighted by atomic mass is 10.1. The molecule has 5 nitrogen and oxygen atoms in total. The van der Waals surface area contributed by atoms with Crippen molar-refractivity contribution in [3.05, 3.63) is 58.1 Å². The number of benzene rings is 2. The summed E-state index contributed by atoms with van der Waals surface area (Å²) in [5.41, 5.74) is 2.63. The van der Waals surface area contributed by atoms with Crippen LogP contribution in [-0.4, -0.2) is 28.6 Å². The Morgan fingerprint density at radius 3 is 2.40 bits per heavy atom. The molecule has 1 aliphatic rings.